The van der Waals surface area contributed by atoms with Crippen molar-refractivity contribution in [2.45, 2.75) is 12.0 Å². The minimum absolute atomic E-state index is 0.0265. The van der Waals surface area contributed by atoms with Gasteiger partial charge in [-0.15, -0.1) is 0 Å². The topological polar surface area (TPSA) is 54.5 Å². The molecule has 3 aliphatic heterocycles. The van der Waals surface area contributed by atoms with Gasteiger partial charge in [0.2, 0.25) is 5.91 Å². The van der Waals surface area contributed by atoms with Crippen LogP contribution in [0.1, 0.15) is 11.5 Å². The standard InChI is InChI=1S/C21H29N3O4/c1-26-13-12-23-7-6-17-19(21(23)25)16-4-3-5-18(27-2)20(16)24(17)9-8-22-10-14-28-15-11-22/h3-7,17,19H,8-15H2,1-2H3. The molecule has 1 aromatic carbocycles. The molecule has 4 rings (SSSR count). The molecule has 28 heavy (non-hydrogen) atoms. The lowest BCUT2D eigenvalue weighted by Crippen LogP contribution is -2.47. The molecule has 2 unspecified atom stereocenters. The molecule has 1 amide bonds. The van der Waals surface area contributed by atoms with E-state index >= 15 is 0 Å². The third kappa shape index (κ3) is 3.50. The SMILES string of the molecule is COCCN1C=CC2C(C1=O)c1cccc(OC)c1N2CCN1CCOCC1. The predicted octanol–water partition coefficient (Wildman–Crippen LogP) is 1.30. The fourth-order valence-electron chi connectivity index (χ4n) is 4.42. The molecular weight excluding hydrogens is 358 g/mol. The van der Waals surface area contributed by atoms with E-state index in [0.29, 0.717) is 13.2 Å². The van der Waals surface area contributed by atoms with Crippen LogP contribution in [0.25, 0.3) is 0 Å². The summed E-state index contributed by atoms with van der Waals surface area (Å²) in [7, 11) is 3.35. The van der Waals surface area contributed by atoms with Crippen molar-refractivity contribution >= 4 is 11.6 Å². The van der Waals surface area contributed by atoms with E-state index in [1.807, 2.05) is 18.3 Å². The highest BCUT2D eigenvalue weighted by atomic mass is 16.5. The normalized spacial score (nSPS) is 24.4. The summed E-state index contributed by atoms with van der Waals surface area (Å²) in [6.45, 7) is 6.39. The summed E-state index contributed by atoms with van der Waals surface area (Å²) in [6.07, 6.45) is 4.07. The molecule has 7 heteroatoms. The van der Waals surface area contributed by atoms with Crippen LogP contribution in [-0.4, -0.2) is 88.5 Å². The first kappa shape index (κ1) is 19.2. The third-order valence-electron chi connectivity index (χ3n) is 5.88. The van der Waals surface area contributed by atoms with E-state index in [0.717, 1.165) is 56.4 Å². The van der Waals surface area contributed by atoms with Gasteiger partial charge < -0.3 is 24.0 Å². The van der Waals surface area contributed by atoms with Crippen molar-refractivity contribution < 1.29 is 19.0 Å². The van der Waals surface area contributed by atoms with Crippen molar-refractivity contribution in [3.8, 4) is 5.75 Å². The number of anilines is 1. The maximum Gasteiger partial charge on any atom is 0.236 e. The molecule has 3 aliphatic rings. The zero-order valence-electron chi connectivity index (χ0n) is 16.7. The lowest BCUT2D eigenvalue weighted by atomic mass is 9.91. The number of hydrogen-bond acceptors (Lipinski definition) is 6. The number of nitrogens with zero attached hydrogens (tertiary/aromatic N) is 3. The molecule has 0 N–H and O–H groups in total. The maximum absolute atomic E-state index is 13.3. The number of fused-ring (bicyclic) bond motifs is 3. The highest BCUT2D eigenvalue weighted by Gasteiger charge is 2.46. The Morgan fingerprint density at radius 3 is 2.71 bits per heavy atom. The van der Waals surface area contributed by atoms with Crippen LogP contribution in [0.3, 0.4) is 0 Å². The average Bonchev–Trinajstić information content (AvgIpc) is 3.07. The number of rotatable bonds is 7. The van der Waals surface area contributed by atoms with Gasteiger partial charge in [-0.25, -0.2) is 0 Å². The Morgan fingerprint density at radius 2 is 1.96 bits per heavy atom. The van der Waals surface area contributed by atoms with Crippen LogP contribution in [0.2, 0.25) is 0 Å². The molecule has 7 nitrogen and oxygen atoms in total. The molecule has 0 radical (unpaired) electrons. The molecule has 0 spiro atoms. The predicted molar refractivity (Wildman–Crippen MR) is 107 cm³/mol. The van der Waals surface area contributed by atoms with Crippen molar-refractivity contribution in [3.63, 3.8) is 0 Å². The highest BCUT2D eigenvalue weighted by Crippen LogP contribution is 2.48. The molecule has 1 aromatic rings. The van der Waals surface area contributed by atoms with Crippen LogP contribution < -0.4 is 9.64 Å². The van der Waals surface area contributed by atoms with Crippen molar-refractivity contribution in [2.75, 3.05) is 71.7 Å². The zero-order valence-corrected chi connectivity index (χ0v) is 16.7. The highest BCUT2D eigenvalue weighted by molar-refractivity contribution is 5.93. The van der Waals surface area contributed by atoms with Gasteiger partial charge in [-0.1, -0.05) is 12.1 Å². The van der Waals surface area contributed by atoms with Crippen molar-refractivity contribution in [1.29, 1.82) is 0 Å². The number of carbonyl (C=O) groups is 1. The summed E-state index contributed by atoms with van der Waals surface area (Å²) in [5.41, 5.74) is 2.11. The Morgan fingerprint density at radius 1 is 1.14 bits per heavy atom. The van der Waals surface area contributed by atoms with Crippen LogP contribution in [0.5, 0.6) is 5.75 Å². The number of hydrogen-bond donors (Lipinski definition) is 0. The van der Waals surface area contributed by atoms with Gasteiger partial charge in [0.15, 0.2) is 0 Å². The van der Waals surface area contributed by atoms with Crippen LogP contribution in [0, 0.1) is 0 Å². The van der Waals surface area contributed by atoms with Crippen molar-refractivity contribution in [1.82, 2.24) is 9.80 Å². The molecule has 1 fully saturated rings. The van der Waals surface area contributed by atoms with Crippen LogP contribution >= 0.6 is 0 Å². The number of morpholine rings is 1. The maximum atomic E-state index is 13.3. The molecule has 0 aromatic heterocycles. The van der Waals surface area contributed by atoms with Gasteiger partial charge in [-0.05, 0) is 17.7 Å². The molecule has 152 valence electrons. The van der Waals surface area contributed by atoms with Gasteiger partial charge >= 0.3 is 0 Å². The Labute approximate surface area is 166 Å². The monoisotopic (exact) mass is 387 g/mol. The number of methoxy groups -OCH3 is 2. The summed E-state index contributed by atoms with van der Waals surface area (Å²) >= 11 is 0. The Hall–Kier alpha value is -2.09. The second-order valence-electron chi connectivity index (χ2n) is 7.38. The quantitative estimate of drug-likeness (QED) is 0.703. The van der Waals surface area contributed by atoms with E-state index in [4.69, 9.17) is 14.2 Å². The summed E-state index contributed by atoms with van der Waals surface area (Å²) in [5, 5.41) is 0. The first-order valence-electron chi connectivity index (χ1n) is 9.96. The first-order valence-corrected chi connectivity index (χ1v) is 9.96. The number of ether oxygens (including phenoxy) is 3. The lowest BCUT2D eigenvalue weighted by molar-refractivity contribution is -0.131. The van der Waals surface area contributed by atoms with E-state index < -0.39 is 0 Å². The van der Waals surface area contributed by atoms with Gasteiger partial charge in [0.1, 0.15) is 5.75 Å². The minimum Gasteiger partial charge on any atom is -0.495 e. The smallest absolute Gasteiger partial charge is 0.236 e. The van der Waals surface area contributed by atoms with E-state index in [-0.39, 0.29) is 17.9 Å². The van der Waals surface area contributed by atoms with Crippen molar-refractivity contribution in [2.24, 2.45) is 0 Å². The number of amides is 1. The van der Waals surface area contributed by atoms with Crippen LogP contribution in [0.15, 0.2) is 30.5 Å². The lowest BCUT2D eigenvalue weighted by Gasteiger charge is -2.35. The molecule has 0 saturated carbocycles. The van der Waals surface area contributed by atoms with E-state index in [1.54, 1.807) is 19.1 Å². The number of benzene rings is 1. The van der Waals surface area contributed by atoms with E-state index in [2.05, 4.69) is 21.9 Å². The molecular formula is C21H29N3O4. The fraction of sp³-hybridized carbons (Fsp3) is 0.571. The summed E-state index contributed by atoms with van der Waals surface area (Å²) in [6, 6.07) is 6.05. The zero-order chi connectivity index (χ0) is 19.5. The molecule has 0 aliphatic carbocycles. The van der Waals surface area contributed by atoms with Gasteiger partial charge in [-0.2, -0.15) is 0 Å². The molecule has 1 saturated heterocycles. The average molecular weight is 387 g/mol. The molecule has 3 heterocycles. The van der Waals surface area contributed by atoms with E-state index in [9.17, 15) is 4.79 Å². The minimum atomic E-state index is -0.198. The summed E-state index contributed by atoms with van der Waals surface area (Å²) in [4.78, 5) is 19.8. The van der Waals surface area contributed by atoms with Crippen LogP contribution in [0.4, 0.5) is 5.69 Å². The summed E-state index contributed by atoms with van der Waals surface area (Å²) in [5.74, 6) is 0.767. The van der Waals surface area contributed by atoms with Crippen LogP contribution in [-0.2, 0) is 14.3 Å². The Balaban J connectivity index is 1.61. The third-order valence-corrected chi connectivity index (χ3v) is 5.88. The van der Waals surface area contributed by atoms with Gasteiger partial charge in [0.05, 0.1) is 44.6 Å². The van der Waals surface area contributed by atoms with E-state index in [1.165, 1.54) is 0 Å². The summed E-state index contributed by atoms with van der Waals surface area (Å²) < 4.78 is 16.3. The molecule has 0 bridgehead atoms. The Kier molecular flexibility index (Phi) is 5.85. The van der Waals surface area contributed by atoms with Gasteiger partial charge in [-0.3, -0.25) is 9.69 Å². The second-order valence-corrected chi connectivity index (χ2v) is 7.38. The first-order chi connectivity index (χ1) is 13.7. The number of para-hydroxylation sites is 1. The fourth-order valence-corrected chi connectivity index (χ4v) is 4.42. The largest absolute Gasteiger partial charge is 0.495 e. The molecule has 2 atom stereocenters. The Bertz CT molecular complexity index is 732. The second kappa shape index (κ2) is 8.51. The van der Waals surface area contributed by atoms with Gasteiger partial charge in [0.25, 0.3) is 0 Å². The number of carbonyl (C=O) groups excluding carboxylic acids is 1. The van der Waals surface area contributed by atoms with Gasteiger partial charge in [0, 0.05) is 46.0 Å². The van der Waals surface area contributed by atoms with Crippen molar-refractivity contribution in [3.05, 3.63) is 36.0 Å².